The number of likely N-dealkylation sites (N-methyl/N-ethyl adjacent to an activating group) is 1. The lowest BCUT2D eigenvalue weighted by Crippen LogP contribution is -2.48. The van der Waals surface area contributed by atoms with Crippen LogP contribution in [0.3, 0.4) is 0 Å². The van der Waals surface area contributed by atoms with E-state index in [2.05, 4.69) is 41.1 Å². The summed E-state index contributed by atoms with van der Waals surface area (Å²) in [7, 11) is 1.86. The third-order valence-electron chi connectivity index (χ3n) is 4.09. The molecule has 21 heavy (non-hydrogen) atoms. The van der Waals surface area contributed by atoms with Crippen molar-refractivity contribution in [3.8, 4) is 0 Å². The molecule has 3 rings (SSSR count). The number of rotatable bonds is 3. The molecule has 1 amide bonds. The van der Waals surface area contributed by atoms with Crippen LogP contribution < -0.4 is 4.90 Å². The topological polar surface area (TPSA) is 36.4 Å². The quantitative estimate of drug-likeness (QED) is 0.868. The van der Waals surface area contributed by atoms with E-state index in [-0.39, 0.29) is 5.91 Å². The third-order valence-corrected chi connectivity index (χ3v) is 4.09. The first-order chi connectivity index (χ1) is 10.2. The molecule has 1 saturated heterocycles. The van der Waals surface area contributed by atoms with E-state index in [0.717, 1.165) is 42.7 Å². The number of aromatic nitrogens is 1. The van der Waals surface area contributed by atoms with E-state index in [1.807, 2.05) is 13.2 Å². The standard InChI is InChI=1S/C17H21N3O/c1-3-4-15-9-14-10-16(6-5-13(14)11-18-15)20-8-7-19(2)17(21)12-20/h5-6,9-11H,3-4,7-8,12H2,1-2H3. The molecule has 2 heterocycles. The van der Waals surface area contributed by atoms with E-state index in [0.29, 0.717) is 6.54 Å². The number of hydrogen-bond donors (Lipinski definition) is 0. The van der Waals surface area contributed by atoms with E-state index in [1.54, 1.807) is 4.90 Å². The minimum atomic E-state index is 0.183. The lowest BCUT2D eigenvalue weighted by Gasteiger charge is -2.33. The highest BCUT2D eigenvalue weighted by molar-refractivity contribution is 5.88. The Balaban J connectivity index is 1.90. The van der Waals surface area contributed by atoms with Crippen LogP contribution in [0, 0.1) is 0 Å². The van der Waals surface area contributed by atoms with E-state index in [1.165, 1.54) is 5.39 Å². The molecule has 1 aliphatic rings. The fourth-order valence-electron chi connectivity index (χ4n) is 2.74. The van der Waals surface area contributed by atoms with Gasteiger partial charge in [-0.1, -0.05) is 19.4 Å². The molecule has 110 valence electrons. The van der Waals surface area contributed by atoms with Crippen molar-refractivity contribution in [3.63, 3.8) is 0 Å². The highest BCUT2D eigenvalue weighted by Gasteiger charge is 2.21. The highest BCUT2D eigenvalue weighted by Crippen LogP contribution is 2.23. The molecule has 0 bridgehead atoms. The zero-order chi connectivity index (χ0) is 14.8. The number of carbonyl (C=O) groups excluding carboxylic acids is 1. The van der Waals surface area contributed by atoms with Crippen molar-refractivity contribution in [1.29, 1.82) is 0 Å². The van der Waals surface area contributed by atoms with Crippen LogP contribution in [0.1, 0.15) is 19.0 Å². The summed E-state index contributed by atoms with van der Waals surface area (Å²) in [6.07, 6.45) is 4.05. The van der Waals surface area contributed by atoms with Gasteiger partial charge in [0.1, 0.15) is 0 Å². The lowest BCUT2D eigenvalue weighted by molar-refractivity contribution is -0.129. The Kier molecular flexibility index (Phi) is 3.78. The molecular formula is C17H21N3O. The van der Waals surface area contributed by atoms with E-state index < -0.39 is 0 Å². The fourth-order valence-corrected chi connectivity index (χ4v) is 2.74. The number of piperazine rings is 1. The average molecular weight is 283 g/mol. The summed E-state index contributed by atoms with van der Waals surface area (Å²) in [5, 5.41) is 2.36. The average Bonchev–Trinajstić information content (AvgIpc) is 2.50. The molecule has 0 atom stereocenters. The summed E-state index contributed by atoms with van der Waals surface area (Å²) in [4.78, 5) is 20.3. The van der Waals surface area contributed by atoms with Crippen LogP contribution >= 0.6 is 0 Å². The number of amides is 1. The summed E-state index contributed by atoms with van der Waals surface area (Å²) in [5.41, 5.74) is 2.26. The van der Waals surface area contributed by atoms with Crippen LogP contribution in [0.15, 0.2) is 30.5 Å². The SMILES string of the molecule is CCCc1cc2cc(N3CCN(C)C(=O)C3)ccc2cn1. The summed E-state index contributed by atoms with van der Waals surface area (Å²) >= 11 is 0. The molecule has 0 unspecified atom stereocenters. The van der Waals surface area contributed by atoms with Gasteiger partial charge in [0.15, 0.2) is 0 Å². The van der Waals surface area contributed by atoms with E-state index >= 15 is 0 Å². The second kappa shape index (κ2) is 5.72. The highest BCUT2D eigenvalue weighted by atomic mass is 16.2. The number of carbonyl (C=O) groups is 1. The smallest absolute Gasteiger partial charge is 0.241 e. The first kappa shape index (κ1) is 13.9. The van der Waals surface area contributed by atoms with Crippen LogP contribution in [-0.4, -0.2) is 42.5 Å². The van der Waals surface area contributed by atoms with Crippen LogP contribution in [0.4, 0.5) is 5.69 Å². The second-order valence-electron chi connectivity index (χ2n) is 5.69. The van der Waals surface area contributed by atoms with Crippen molar-refractivity contribution in [1.82, 2.24) is 9.88 Å². The maximum atomic E-state index is 11.9. The molecule has 0 aliphatic carbocycles. The van der Waals surface area contributed by atoms with Gasteiger partial charge in [-0.25, -0.2) is 0 Å². The number of benzene rings is 1. The lowest BCUT2D eigenvalue weighted by atomic mass is 10.1. The van der Waals surface area contributed by atoms with Gasteiger partial charge in [0.25, 0.3) is 0 Å². The van der Waals surface area contributed by atoms with Gasteiger partial charge >= 0.3 is 0 Å². The van der Waals surface area contributed by atoms with Crippen LogP contribution in [0.2, 0.25) is 0 Å². The van der Waals surface area contributed by atoms with E-state index in [9.17, 15) is 4.79 Å². The summed E-state index contributed by atoms with van der Waals surface area (Å²) in [5.74, 6) is 0.183. The van der Waals surface area contributed by atoms with Gasteiger partial charge in [-0.2, -0.15) is 0 Å². The molecule has 2 aromatic rings. The molecule has 1 fully saturated rings. The van der Waals surface area contributed by atoms with Gasteiger partial charge in [-0.15, -0.1) is 0 Å². The first-order valence-electron chi connectivity index (χ1n) is 7.55. The summed E-state index contributed by atoms with van der Waals surface area (Å²) in [6.45, 7) is 4.31. The first-order valence-corrected chi connectivity index (χ1v) is 7.55. The van der Waals surface area contributed by atoms with E-state index in [4.69, 9.17) is 0 Å². The minimum Gasteiger partial charge on any atom is -0.360 e. The normalized spacial score (nSPS) is 15.8. The summed E-state index contributed by atoms with van der Waals surface area (Å²) in [6, 6.07) is 8.52. The Labute approximate surface area is 125 Å². The molecule has 0 spiro atoms. The van der Waals surface area contributed by atoms with Crippen molar-refractivity contribution in [2.75, 3.05) is 31.6 Å². The van der Waals surface area contributed by atoms with Crippen LogP contribution in [0.25, 0.3) is 10.8 Å². The van der Waals surface area contributed by atoms with Crippen LogP contribution in [-0.2, 0) is 11.2 Å². The van der Waals surface area contributed by atoms with Gasteiger partial charge < -0.3 is 9.80 Å². The number of hydrogen-bond acceptors (Lipinski definition) is 3. The van der Waals surface area contributed by atoms with Crippen molar-refractivity contribution in [2.45, 2.75) is 19.8 Å². The largest absolute Gasteiger partial charge is 0.360 e. The number of nitrogens with zero attached hydrogens (tertiary/aromatic N) is 3. The Hall–Kier alpha value is -2.10. The monoisotopic (exact) mass is 283 g/mol. The van der Waals surface area contributed by atoms with Gasteiger partial charge in [0.05, 0.1) is 6.54 Å². The fraction of sp³-hybridized carbons (Fsp3) is 0.412. The zero-order valence-electron chi connectivity index (χ0n) is 12.7. The van der Waals surface area contributed by atoms with Gasteiger partial charge in [0.2, 0.25) is 5.91 Å². The summed E-state index contributed by atoms with van der Waals surface area (Å²) < 4.78 is 0. The Bertz CT molecular complexity index is 668. The molecule has 0 saturated carbocycles. The van der Waals surface area contributed by atoms with Crippen molar-refractivity contribution < 1.29 is 4.79 Å². The molecule has 4 nitrogen and oxygen atoms in total. The molecule has 0 radical (unpaired) electrons. The van der Waals surface area contributed by atoms with Crippen molar-refractivity contribution >= 4 is 22.4 Å². The van der Waals surface area contributed by atoms with Gasteiger partial charge in [-0.3, -0.25) is 9.78 Å². The third kappa shape index (κ3) is 2.84. The number of fused-ring (bicyclic) bond motifs is 1. The molecule has 1 aromatic heterocycles. The Morgan fingerprint density at radius 3 is 2.81 bits per heavy atom. The number of pyridine rings is 1. The molecule has 1 aliphatic heterocycles. The molecular weight excluding hydrogens is 262 g/mol. The molecule has 0 N–H and O–H groups in total. The van der Waals surface area contributed by atoms with Gasteiger partial charge in [0, 0.05) is 43.1 Å². The predicted molar refractivity (Wildman–Crippen MR) is 85.6 cm³/mol. The number of anilines is 1. The Morgan fingerprint density at radius 1 is 1.19 bits per heavy atom. The predicted octanol–water partition coefficient (Wildman–Crippen LogP) is 2.47. The molecule has 1 aromatic carbocycles. The van der Waals surface area contributed by atoms with Crippen molar-refractivity contribution in [3.05, 3.63) is 36.2 Å². The number of aryl methyl sites for hydroxylation is 1. The van der Waals surface area contributed by atoms with Crippen LogP contribution in [0.5, 0.6) is 0 Å². The minimum absolute atomic E-state index is 0.183. The Morgan fingerprint density at radius 2 is 2.05 bits per heavy atom. The maximum absolute atomic E-state index is 11.9. The van der Waals surface area contributed by atoms with Gasteiger partial charge in [-0.05, 0) is 30.0 Å². The second-order valence-corrected chi connectivity index (χ2v) is 5.69. The zero-order valence-corrected chi connectivity index (χ0v) is 12.7. The molecule has 4 heteroatoms. The maximum Gasteiger partial charge on any atom is 0.241 e. The van der Waals surface area contributed by atoms with Crippen molar-refractivity contribution in [2.24, 2.45) is 0 Å².